The first kappa shape index (κ1) is 39.3. The van der Waals surface area contributed by atoms with Gasteiger partial charge in [-0.15, -0.1) is 0 Å². The molecule has 312 valence electrons. The summed E-state index contributed by atoms with van der Waals surface area (Å²) in [7, 11) is 0. The SMILES string of the molecule is CC1(C)c2ccccc2-c2ccc(N(c3ccc(-c4ccccc4)cc3)c3cccc(-c4ccc5cc(-c6ccccc6)ccc5c4)c3-c3ccc4cc(-c5ccccc5)ccc4c3)cc21. The molecule has 0 radical (unpaired) electrons. The van der Waals surface area contributed by atoms with Crippen LogP contribution < -0.4 is 4.90 Å². The van der Waals surface area contributed by atoms with Crippen molar-refractivity contribution in [2.75, 3.05) is 4.90 Å². The van der Waals surface area contributed by atoms with E-state index in [-0.39, 0.29) is 5.41 Å². The maximum Gasteiger partial charge on any atom is 0.0546 e. The molecule has 0 heterocycles. The normalized spacial score (nSPS) is 12.5. The van der Waals surface area contributed by atoms with Crippen LogP contribution in [0.15, 0.2) is 249 Å². The number of nitrogens with zero attached hydrogens (tertiary/aromatic N) is 1. The number of anilines is 3. The number of benzene rings is 11. The molecule has 0 fully saturated rings. The molecule has 0 bridgehead atoms. The molecule has 1 aliphatic rings. The van der Waals surface area contributed by atoms with Crippen LogP contribution in [0.5, 0.6) is 0 Å². The Morgan fingerprint density at radius 3 is 1.30 bits per heavy atom. The van der Waals surface area contributed by atoms with Gasteiger partial charge >= 0.3 is 0 Å². The highest BCUT2D eigenvalue weighted by atomic mass is 15.1. The molecular weight excluding hydrogens is 795 g/mol. The van der Waals surface area contributed by atoms with Crippen molar-refractivity contribution in [1.29, 1.82) is 0 Å². The van der Waals surface area contributed by atoms with E-state index in [0.29, 0.717) is 0 Å². The van der Waals surface area contributed by atoms with Crippen molar-refractivity contribution in [2.45, 2.75) is 19.3 Å². The van der Waals surface area contributed by atoms with Crippen molar-refractivity contribution in [1.82, 2.24) is 0 Å². The molecular formula is C65H47N. The molecule has 0 aliphatic heterocycles. The lowest BCUT2D eigenvalue weighted by atomic mass is 9.82. The summed E-state index contributed by atoms with van der Waals surface area (Å²) < 4.78 is 0. The third-order valence-corrected chi connectivity index (χ3v) is 13.8. The van der Waals surface area contributed by atoms with Gasteiger partial charge in [-0.25, -0.2) is 0 Å². The van der Waals surface area contributed by atoms with Gasteiger partial charge in [-0.1, -0.05) is 208 Å². The van der Waals surface area contributed by atoms with E-state index in [2.05, 4.69) is 267 Å². The highest BCUT2D eigenvalue weighted by Crippen LogP contribution is 2.52. The lowest BCUT2D eigenvalue weighted by Gasteiger charge is -2.31. The Hall–Kier alpha value is -8.26. The summed E-state index contributed by atoms with van der Waals surface area (Å²) in [6.45, 7) is 4.74. The van der Waals surface area contributed by atoms with Crippen molar-refractivity contribution >= 4 is 38.6 Å². The lowest BCUT2D eigenvalue weighted by molar-refractivity contribution is 0.660. The van der Waals surface area contributed by atoms with Crippen LogP contribution >= 0.6 is 0 Å². The van der Waals surface area contributed by atoms with Gasteiger partial charge in [0.25, 0.3) is 0 Å². The molecule has 1 nitrogen and oxygen atoms in total. The van der Waals surface area contributed by atoms with E-state index < -0.39 is 0 Å². The Kier molecular flexibility index (Phi) is 9.58. The summed E-state index contributed by atoms with van der Waals surface area (Å²) >= 11 is 0. The van der Waals surface area contributed by atoms with Crippen LogP contribution in [0.25, 0.3) is 88.3 Å². The summed E-state index contributed by atoms with van der Waals surface area (Å²) in [5, 5.41) is 4.85. The first-order chi connectivity index (χ1) is 32.5. The standard InChI is InChI=1S/C65H47N/c1-65(2)61-23-13-12-21-59(61)60-38-37-57(43-62(60)65)66(56-35-33-47(34-36-56)44-15-6-3-7-16-44)63-24-14-22-58(54-31-29-50-39-48(25-27-52(50)41-54)45-17-8-4-9-18-45)64(63)55-32-30-51-40-49(26-28-53(51)42-55)46-19-10-5-11-20-46/h3-43H,1-2H3. The second-order valence-corrected chi connectivity index (χ2v) is 18.1. The monoisotopic (exact) mass is 841 g/mol. The Bertz CT molecular complexity index is 3590. The maximum absolute atomic E-state index is 2.49. The average molecular weight is 842 g/mol. The zero-order chi connectivity index (χ0) is 44.2. The van der Waals surface area contributed by atoms with E-state index in [9.17, 15) is 0 Å². The zero-order valence-corrected chi connectivity index (χ0v) is 37.1. The van der Waals surface area contributed by atoms with Crippen LogP contribution in [0, 0.1) is 0 Å². The molecule has 1 heteroatoms. The van der Waals surface area contributed by atoms with Crippen molar-refractivity contribution < 1.29 is 0 Å². The quantitative estimate of drug-likeness (QED) is 0.147. The predicted octanol–water partition coefficient (Wildman–Crippen LogP) is 18.1. The van der Waals surface area contributed by atoms with Crippen LogP contribution in [-0.4, -0.2) is 0 Å². The molecule has 0 N–H and O–H groups in total. The van der Waals surface area contributed by atoms with Gasteiger partial charge in [-0.3, -0.25) is 0 Å². The minimum atomic E-state index is -0.155. The van der Waals surface area contributed by atoms with E-state index in [1.165, 1.54) is 99.4 Å². The van der Waals surface area contributed by atoms with Crippen molar-refractivity contribution in [3.8, 4) is 66.8 Å². The molecule has 0 amide bonds. The van der Waals surface area contributed by atoms with Gasteiger partial charge in [-0.05, 0) is 148 Å². The number of hydrogen-bond acceptors (Lipinski definition) is 1. The number of hydrogen-bond donors (Lipinski definition) is 0. The molecule has 0 unspecified atom stereocenters. The average Bonchev–Trinajstić information content (AvgIpc) is 3.61. The summed E-state index contributed by atoms with van der Waals surface area (Å²) in [6.07, 6.45) is 0. The molecule has 0 saturated heterocycles. The Morgan fingerprint density at radius 1 is 0.273 bits per heavy atom. The van der Waals surface area contributed by atoms with E-state index in [0.717, 1.165) is 17.1 Å². The summed E-state index contributed by atoms with van der Waals surface area (Å²) in [5.41, 5.74) is 20.5. The molecule has 12 rings (SSSR count). The van der Waals surface area contributed by atoms with Crippen LogP contribution in [-0.2, 0) is 5.41 Å². The molecule has 0 saturated carbocycles. The number of fused-ring (bicyclic) bond motifs is 5. The fourth-order valence-corrected chi connectivity index (χ4v) is 10.4. The minimum absolute atomic E-state index is 0.155. The highest BCUT2D eigenvalue weighted by Gasteiger charge is 2.36. The molecule has 0 aromatic heterocycles. The lowest BCUT2D eigenvalue weighted by Crippen LogP contribution is -2.17. The topological polar surface area (TPSA) is 3.24 Å². The van der Waals surface area contributed by atoms with Gasteiger partial charge < -0.3 is 4.90 Å². The van der Waals surface area contributed by atoms with Crippen molar-refractivity contribution in [2.24, 2.45) is 0 Å². The molecule has 1 aliphatic carbocycles. The summed E-state index contributed by atoms with van der Waals surface area (Å²) in [5.74, 6) is 0. The Labute approximate surface area is 387 Å². The Morgan fingerprint density at radius 2 is 0.697 bits per heavy atom. The smallest absolute Gasteiger partial charge is 0.0546 e. The third kappa shape index (κ3) is 6.89. The van der Waals surface area contributed by atoms with Gasteiger partial charge in [0.15, 0.2) is 0 Å². The molecule has 11 aromatic rings. The van der Waals surface area contributed by atoms with Crippen molar-refractivity contribution in [3.05, 3.63) is 260 Å². The van der Waals surface area contributed by atoms with Crippen LogP contribution in [0.4, 0.5) is 17.1 Å². The van der Waals surface area contributed by atoms with Gasteiger partial charge in [0, 0.05) is 22.4 Å². The van der Waals surface area contributed by atoms with Gasteiger partial charge in [0.05, 0.1) is 5.69 Å². The van der Waals surface area contributed by atoms with Crippen molar-refractivity contribution in [3.63, 3.8) is 0 Å². The fourth-order valence-electron chi connectivity index (χ4n) is 10.4. The predicted molar refractivity (Wildman–Crippen MR) is 281 cm³/mol. The Balaban J connectivity index is 1.07. The minimum Gasteiger partial charge on any atom is -0.310 e. The molecule has 0 atom stereocenters. The van der Waals surface area contributed by atoms with Crippen LogP contribution in [0.3, 0.4) is 0 Å². The molecule has 0 spiro atoms. The van der Waals surface area contributed by atoms with E-state index in [1.807, 2.05) is 0 Å². The third-order valence-electron chi connectivity index (χ3n) is 13.8. The van der Waals surface area contributed by atoms with Gasteiger partial charge in [-0.2, -0.15) is 0 Å². The first-order valence-electron chi connectivity index (χ1n) is 23.0. The molecule has 11 aromatic carbocycles. The summed E-state index contributed by atoms with van der Waals surface area (Å²) in [4.78, 5) is 2.49. The van der Waals surface area contributed by atoms with Gasteiger partial charge in [0.2, 0.25) is 0 Å². The largest absolute Gasteiger partial charge is 0.310 e. The maximum atomic E-state index is 2.49. The van der Waals surface area contributed by atoms with E-state index >= 15 is 0 Å². The highest BCUT2D eigenvalue weighted by molar-refractivity contribution is 6.02. The van der Waals surface area contributed by atoms with E-state index in [1.54, 1.807) is 0 Å². The summed E-state index contributed by atoms with van der Waals surface area (Å²) in [6, 6.07) is 91.7. The van der Waals surface area contributed by atoms with E-state index in [4.69, 9.17) is 0 Å². The number of rotatable bonds is 8. The second kappa shape index (κ2) is 16.1. The zero-order valence-electron chi connectivity index (χ0n) is 37.1. The van der Waals surface area contributed by atoms with Crippen LogP contribution in [0.2, 0.25) is 0 Å². The molecule has 66 heavy (non-hydrogen) atoms. The van der Waals surface area contributed by atoms with Crippen LogP contribution in [0.1, 0.15) is 25.0 Å². The first-order valence-corrected chi connectivity index (χ1v) is 23.0. The van der Waals surface area contributed by atoms with Gasteiger partial charge in [0.1, 0.15) is 0 Å². The second-order valence-electron chi connectivity index (χ2n) is 18.1. The fraction of sp³-hybridized carbons (Fsp3) is 0.0462.